The highest BCUT2D eigenvalue weighted by atomic mass is 35.5. The van der Waals surface area contributed by atoms with E-state index in [1.54, 1.807) is 6.92 Å². The van der Waals surface area contributed by atoms with E-state index in [0.29, 0.717) is 0 Å². The van der Waals surface area contributed by atoms with Gasteiger partial charge < -0.3 is 19.5 Å². The highest BCUT2D eigenvalue weighted by Gasteiger charge is 2.12. The Morgan fingerprint density at radius 1 is 1.04 bits per heavy atom. The zero-order valence-electron chi connectivity index (χ0n) is 13.7. The SMILES string of the molecule is CCOC(=O)NCCOc1c(Cl)cc(Oc2cc(F)cc(F)c2)cc1Cl. The molecule has 0 aliphatic rings. The third kappa shape index (κ3) is 5.93. The van der Waals surface area contributed by atoms with Gasteiger partial charge in [0.25, 0.3) is 0 Å². The fourth-order valence-electron chi connectivity index (χ4n) is 1.95. The van der Waals surface area contributed by atoms with Gasteiger partial charge in [-0.2, -0.15) is 0 Å². The fourth-order valence-corrected chi connectivity index (χ4v) is 2.52. The molecule has 0 saturated carbocycles. The second-order valence-electron chi connectivity index (χ2n) is 4.92. The van der Waals surface area contributed by atoms with E-state index in [1.807, 2.05) is 0 Å². The Balaban J connectivity index is 2.00. The first-order valence-electron chi connectivity index (χ1n) is 7.55. The summed E-state index contributed by atoms with van der Waals surface area (Å²) < 4.78 is 41.9. The largest absolute Gasteiger partial charge is 0.489 e. The number of hydrogen-bond donors (Lipinski definition) is 1. The van der Waals surface area contributed by atoms with Gasteiger partial charge in [0.1, 0.15) is 29.7 Å². The molecule has 0 bridgehead atoms. The van der Waals surface area contributed by atoms with Crippen LogP contribution in [0.25, 0.3) is 0 Å². The monoisotopic (exact) mass is 405 g/mol. The van der Waals surface area contributed by atoms with Crippen molar-refractivity contribution in [2.45, 2.75) is 6.92 Å². The van der Waals surface area contributed by atoms with Crippen molar-refractivity contribution in [3.63, 3.8) is 0 Å². The standard InChI is InChI=1S/C17H15Cl2F2NO4/c1-2-24-17(23)22-3-4-25-16-14(18)8-13(9-15(16)19)26-12-6-10(20)5-11(21)7-12/h5-9H,2-4H2,1H3,(H,22,23). The molecule has 0 aliphatic heterocycles. The summed E-state index contributed by atoms with van der Waals surface area (Å²) in [4.78, 5) is 11.1. The molecule has 5 nitrogen and oxygen atoms in total. The van der Waals surface area contributed by atoms with Crippen molar-refractivity contribution in [2.24, 2.45) is 0 Å². The van der Waals surface area contributed by atoms with Crippen LogP contribution in [0.15, 0.2) is 30.3 Å². The lowest BCUT2D eigenvalue weighted by Gasteiger charge is -2.13. The summed E-state index contributed by atoms with van der Waals surface area (Å²) in [5.74, 6) is -1.21. The second kappa shape index (κ2) is 9.45. The van der Waals surface area contributed by atoms with Crippen LogP contribution in [0.2, 0.25) is 10.0 Å². The Labute approximate surface area is 158 Å². The van der Waals surface area contributed by atoms with Gasteiger partial charge in [-0.25, -0.2) is 13.6 Å². The Kier molecular flexibility index (Phi) is 7.29. The van der Waals surface area contributed by atoms with Crippen LogP contribution < -0.4 is 14.8 Å². The summed E-state index contributed by atoms with van der Waals surface area (Å²) in [5, 5.41) is 2.76. The number of halogens is 4. The number of amides is 1. The Hall–Kier alpha value is -2.25. The average Bonchev–Trinajstić information content (AvgIpc) is 2.52. The molecule has 2 aromatic carbocycles. The van der Waals surface area contributed by atoms with Gasteiger partial charge in [0.05, 0.1) is 23.2 Å². The normalized spacial score (nSPS) is 10.3. The van der Waals surface area contributed by atoms with Crippen LogP contribution in [-0.2, 0) is 4.74 Å². The molecule has 0 atom stereocenters. The maximum absolute atomic E-state index is 13.2. The summed E-state index contributed by atoms with van der Waals surface area (Å²) in [6.07, 6.45) is -0.556. The number of alkyl carbamates (subject to hydrolysis) is 1. The van der Waals surface area contributed by atoms with Gasteiger partial charge in [-0.1, -0.05) is 23.2 Å². The molecule has 0 radical (unpaired) electrons. The zero-order valence-corrected chi connectivity index (χ0v) is 15.2. The third-order valence-electron chi connectivity index (χ3n) is 2.94. The number of benzene rings is 2. The molecule has 0 aromatic heterocycles. The molecular weight excluding hydrogens is 391 g/mol. The summed E-state index contributed by atoms with van der Waals surface area (Å²) in [6, 6.07) is 5.56. The lowest BCUT2D eigenvalue weighted by atomic mass is 10.3. The number of nitrogens with one attached hydrogen (secondary N) is 1. The van der Waals surface area contributed by atoms with E-state index < -0.39 is 17.7 Å². The van der Waals surface area contributed by atoms with Crippen LogP contribution >= 0.6 is 23.2 Å². The molecule has 0 saturated heterocycles. The lowest BCUT2D eigenvalue weighted by Crippen LogP contribution is -2.28. The molecule has 2 aromatic rings. The van der Waals surface area contributed by atoms with Crippen LogP contribution in [0.5, 0.6) is 17.2 Å². The Bertz CT molecular complexity index is 746. The van der Waals surface area contributed by atoms with Crippen molar-refractivity contribution >= 4 is 29.3 Å². The Morgan fingerprint density at radius 3 is 2.19 bits per heavy atom. The molecule has 0 heterocycles. The number of ether oxygens (including phenoxy) is 3. The number of carbonyl (C=O) groups is 1. The van der Waals surface area contributed by atoms with Crippen LogP contribution in [0.1, 0.15) is 6.92 Å². The molecule has 1 amide bonds. The first kappa shape index (κ1) is 20.1. The highest BCUT2D eigenvalue weighted by Crippen LogP contribution is 2.38. The summed E-state index contributed by atoms with van der Waals surface area (Å²) in [5.41, 5.74) is 0. The van der Waals surface area contributed by atoms with Gasteiger partial charge in [0.15, 0.2) is 5.75 Å². The molecule has 140 valence electrons. The minimum atomic E-state index is -0.772. The lowest BCUT2D eigenvalue weighted by molar-refractivity contribution is 0.150. The van der Waals surface area contributed by atoms with Crippen LogP contribution in [0.3, 0.4) is 0 Å². The van der Waals surface area contributed by atoms with Gasteiger partial charge in [-0.05, 0) is 6.92 Å². The predicted molar refractivity (Wildman–Crippen MR) is 93.4 cm³/mol. The van der Waals surface area contributed by atoms with E-state index in [4.69, 9.17) is 37.4 Å². The molecule has 0 unspecified atom stereocenters. The number of rotatable bonds is 7. The topological polar surface area (TPSA) is 56.8 Å². The van der Waals surface area contributed by atoms with Gasteiger partial charge in [-0.15, -0.1) is 0 Å². The first-order valence-corrected chi connectivity index (χ1v) is 8.31. The van der Waals surface area contributed by atoms with E-state index in [-0.39, 0.29) is 47.1 Å². The van der Waals surface area contributed by atoms with E-state index in [0.717, 1.165) is 18.2 Å². The molecular formula is C17H15Cl2F2NO4. The first-order chi connectivity index (χ1) is 12.4. The van der Waals surface area contributed by atoms with Gasteiger partial charge >= 0.3 is 6.09 Å². The quantitative estimate of drug-likeness (QED) is 0.644. The summed E-state index contributed by atoms with van der Waals surface area (Å²) in [6.45, 7) is 2.25. The van der Waals surface area contributed by atoms with Crippen molar-refractivity contribution in [2.75, 3.05) is 19.8 Å². The maximum atomic E-state index is 13.2. The number of hydrogen-bond acceptors (Lipinski definition) is 4. The van der Waals surface area contributed by atoms with Crippen molar-refractivity contribution in [3.05, 3.63) is 52.0 Å². The third-order valence-corrected chi connectivity index (χ3v) is 3.50. The van der Waals surface area contributed by atoms with Crippen molar-refractivity contribution in [1.29, 1.82) is 0 Å². The summed E-state index contributed by atoms with van der Waals surface area (Å²) in [7, 11) is 0. The molecule has 26 heavy (non-hydrogen) atoms. The second-order valence-corrected chi connectivity index (χ2v) is 5.73. The van der Waals surface area contributed by atoms with Crippen LogP contribution in [0, 0.1) is 11.6 Å². The predicted octanol–water partition coefficient (Wildman–Crippen LogP) is 5.19. The van der Waals surface area contributed by atoms with Crippen molar-refractivity contribution < 1.29 is 27.8 Å². The van der Waals surface area contributed by atoms with Crippen LogP contribution in [0.4, 0.5) is 13.6 Å². The summed E-state index contributed by atoms with van der Waals surface area (Å²) >= 11 is 12.2. The van der Waals surface area contributed by atoms with E-state index in [2.05, 4.69) is 5.32 Å². The minimum absolute atomic E-state index is 0.0399. The smallest absolute Gasteiger partial charge is 0.407 e. The molecule has 0 aliphatic carbocycles. The van der Waals surface area contributed by atoms with E-state index in [9.17, 15) is 13.6 Å². The Morgan fingerprint density at radius 2 is 1.62 bits per heavy atom. The maximum Gasteiger partial charge on any atom is 0.407 e. The van der Waals surface area contributed by atoms with Gasteiger partial charge in [0, 0.05) is 30.3 Å². The molecule has 1 N–H and O–H groups in total. The highest BCUT2D eigenvalue weighted by molar-refractivity contribution is 6.37. The minimum Gasteiger partial charge on any atom is -0.489 e. The van der Waals surface area contributed by atoms with Gasteiger partial charge in [0.2, 0.25) is 0 Å². The average molecular weight is 406 g/mol. The molecule has 0 spiro atoms. The van der Waals surface area contributed by atoms with Gasteiger partial charge in [-0.3, -0.25) is 0 Å². The zero-order chi connectivity index (χ0) is 19.1. The molecule has 0 fully saturated rings. The number of carbonyl (C=O) groups excluding carboxylic acids is 1. The van der Waals surface area contributed by atoms with E-state index >= 15 is 0 Å². The molecule has 2 rings (SSSR count). The van der Waals surface area contributed by atoms with Crippen molar-refractivity contribution in [3.8, 4) is 17.2 Å². The fraction of sp³-hybridized carbons (Fsp3) is 0.235. The van der Waals surface area contributed by atoms with E-state index in [1.165, 1.54) is 12.1 Å². The van der Waals surface area contributed by atoms with Crippen LogP contribution in [-0.4, -0.2) is 25.9 Å². The van der Waals surface area contributed by atoms with Crippen molar-refractivity contribution in [1.82, 2.24) is 5.32 Å². The molecule has 9 heteroatoms.